The van der Waals surface area contributed by atoms with Crippen LogP contribution < -0.4 is 14.8 Å². The van der Waals surface area contributed by atoms with Crippen LogP contribution in [0.5, 0.6) is 11.5 Å². The Morgan fingerprint density at radius 2 is 2.11 bits per heavy atom. The molecule has 19 heavy (non-hydrogen) atoms. The molecule has 1 aromatic rings. The van der Waals surface area contributed by atoms with Gasteiger partial charge in [-0.3, -0.25) is 10.1 Å². The number of nitro benzene ring substituents is 1. The number of nitro groups is 1. The smallest absolute Gasteiger partial charge is 0.276 e. The van der Waals surface area contributed by atoms with E-state index in [0.717, 1.165) is 19.5 Å². The van der Waals surface area contributed by atoms with Crippen molar-refractivity contribution in [3.8, 4) is 11.5 Å². The lowest BCUT2D eigenvalue weighted by Crippen LogP contribution is -2.15. The van der Waals surface area contributed by atoms with Gasteiger partial charge in [0.05, 0.1) is 30.3 Å². The summed E-state index contributed by atoms with van der Waals surface area (Å²) in [6.07, 6.45) is 1.08. The molecule has 1 aliphatic rings. The van der Waals surface area contributed by atoms with Crippen molar-refractivity contribution < 1.29 is 14.4 Å². The minimum absolute atomic E-state index is 0.00880. The molecule has 0 amide bonds. The average Bonchev–Trinajstić information content (AvgIpc) is 2.89. The third-order valence-electron chi connectivity index (χ3n) is 3.03. The molecule has 0 spiro atoms. The molecule has 1 aromatic carbocycles. The van der Waals surface area contributed by atoms with E-state index in [1.807, 2.05) is 6.92 Å². The minimum atomic E-state index is -0.438. The third kappa shape index (κ3) is 3.82. The standard InChI is InChI=1S/C13H18N2O4/c1-2-18-12-5-11(15(16)17)6-13(7-12)19-9-10-3-4-14-8-10/h5-7,10,14H,2-4,8-9H2,1H3. The van der Waals surface area contributed by atoms with Crippen molar-refractivity contribution in [2.24, 2.45) is 5.92 Å². The lowest BCUT2D eigenvalue weighted by atomic mass is 10.1. The van der Waals surface area contributed by atoms with Crippen LogP contribution in [-0.4, -0.2) is 31.2 Å². The van der Waals surface area contributed by atoms with Gasteiger partial charge in [-0.15, -0.1) is 0 Å². The number of non-ortho nitro benzene ring substituents is 1. The zero-order chi connectivity index (χ0) is 13.7. The molecule has 1 aliphatic heterocycles. The zero-order valence-electron chi connectivity index (χ0n) is 10.9. The summed E-state index contributed by atoms with van der Waals surface area (Å²) in [5, 5.41) is 14.1. The third-order valence-corrected chi connectivity index (χ3v) is 3.03. The molecule has 1 atom stereocenters. The number of hydrogen-bond donors (Lipinski definition) is 1. The van der Waals surface area contributed by atoms with Crippen LogP contribution in [0.3, 0.4) is 0 Å². The summed E-state index contributed by atoms with van der Waals surface area (Å²) >= 11 is 0. The monoisotopic (exact) mass is 266 g/mol. The Hall–Kier alpha value is -1.82. The SMILES string of the molecule is CCOc1cc(OCC2CCNC2)cc([N+](=O)[O-])c1. The molecule has 1 fully saturated rings. The molecule has 0 saturated carbocycles. The molecule has 1 saturated heterocycles. The molecule has 0 aromatic heterocycles. The second-order valence-electron chi connectivity index (χ2n) is 4.52. The van der Waals surface area contributed by atoms with Gasteiger partial charge >= 0.3 is 0 Å². The maximum Gasteiger partial charge on any atom is 0.276 e. The topological polar surface area (TPSA) is 73.6 Å². The van der Waals surface area contributed by atoms with Gasteiger partial charge in [-0.1, -0.05) is 0 Å². The van der Waals surface area contributed by atoms with Gasteiger partial charge in [-0.2, -0.15) is 0 Å². The molecule has 6 heteroatoms. The fourth-order valence-corrected chi connectivity index (χ4v) is 2.07. The molecule has 1 unspecified atom stereocenters. The predicted molar refractivity (Wildman–Crippen MR) is 70.7 cm³/mol. The van der Waals surface area contributed by atoms with Crippen molar-refractivity contribution in [1.29, 1.82) is 0 Å². The normalized spacial score (nSPS) is 18.3. The number of rotatable bonds is 6. The Morgan fingerprint density at radius 1 is 1.37 bits per heavy atom. The van der Waals surface area contributed by atoms with Gasteiger partial charge in [0.1, 0.15) is 11.5 Å². The van der Waals surface area contributed by atoms with E-state index in [2.05, 4.69) is 5.32 Å². The Morgan fingerprint density at radius 3 is 2.68 bits per heavy atom. The van der Waals surface area contributed by atoms with Crippen LogP contribution in [-0.2, 0) is 0 Å². The predicted octanol–water partition coefficient (Wildman–Crippen LogP) is 1.98. The van der Waals surface area contributed by atoms with Crippen LogP contribution in [0.2, 0.25) is 0 Å². The molecule has 104 valence electrons. The van der Waals surface area contributed by atoms with Gasteiger partial charge < -0.3 is 14.8 Å². The van der Waals surface area contributed by atoms with Crippen molar-refractivity contribution >= 4 is 5.69 Å². The van der Waals surface area contributed by atoms with Crippen molar-refractivity contribution in [3.05, 3.63) is 28.3 Å². The fourth-order valence-electron chi connectivity index (χ4n) is 2.07. The Labute approximate surface area is 111 Å². The summed E-state index contributed by atoms with van der Waals surface area (Å²) in [4.78, 5) is 10.4. The van der Waals surface area contributed by atoms with E-state index in [1.165, 1.54) is 12.1 Å². The Kier molecular flexibility index (Phi) is 4.57. The first-order valence-corrected chi connectivity index (χ1v) is 6.45. The van der Waals surface area contributed by atoms with E-state index < -0.39 is 4.92 Å². The molecule has 0 radical (unpaired) electrons. The average molecular weight is 266 g/mol. The summed E-state index contributed by atoms with van der Waals surface area (Å²) in [5.74, 6) is 1.43. The summed E-state index contributed by atoms with van der Waals surface area (Å²) in [6.45, 7) is 4.82. The summed E-state index contributed by atoms with van der Waals surface area (Å²) in [5.41, 5.74) is -0.00880. The van der Waals surface area contributed by atoms with Gasteiger partial charge in [0.2, 0.25) is 0 Å². The lowest BCUT2D eigenvalue weighted by molar-refractivity contribution is -0.385. The van der Waals surface area contributed by atoms with E-state index in [4.69, 9.17) is 9.47 Å². The van der Waals surface area contributed by atoms with Gasteiger partial charge in [-0.05, 0) is 19.9 Å². The first-order chi connectivity index (χ1) is 9.19. The lowest BCUT2D eigenvalue weighted by Gasteiger charge is -2.12. The van der Waals surface area contributed by atoms with Crippen LogP contribution in [0.1, 0.15) is 13.3 Å². The molecule has 0 bridgehead atoms. The summed E-state index contributed by atoms with van der Waals surface area (Å²) < 4.78 is 11.0. The van der Waals surface area contributed by atoms with Crippen LogP contribution >= 0.6 is 0 Å². The molecule has 1 N–H and O–H groups in total. The van der Waals surface area contributed by atoms with E-state index in [1.54, 1.807) is 6.07 Å². The second-order valence-corrected chi connectivity index (χ2v) is 4.52. The quantitative estimate of drug-likeness (QED) is 0.629. The highest BCUT2D eigenvalue weighted by molar-refractivity contribution is 5.46. The van der Waals surface area contributed by atoms with E-state index in [-0.39, 0.29) is 5.69 Å². The highest BCUT2D eigenvalue weighted by Crippen LogP contribution is 2.28. The minimum Gasteiger partial charge on any atom is -0.493 e. The van der Waals surface area contributed by atoms with E-state index >= 15 is 0 Å². The van der Waals surface area contributed by atoms with Crippen LogP contribution in [0.25, 0.3) is 0 Å². The van der Waals surface area contributed by atoms with Crippen molar-refractivity contribution in [3.63, 3.8) is 0 Å². The Balaban J connectivity index is 2.06. The van der Waals surface area contributed by atoms with Gasteiger partial charge in [-0.25, -0.2) is 0 Å². The zero-order valence-corrected chi connectivity index (χ0v) is 10.9. The largest absolute Gasteiger partial charge is 0.493 e. The van der Waals surface area contributed by atoms with Crippen LogP contribution in [0.4, 0.5) is 5.69 Å². The molecule has 1 heterocycles. The van der Waals surface area contributed by atoms with Crippen LogP contribution in [0, 0.1) is 16.0 Å². The van der Waals surface area contributed by atoms with E-state index in [9.17, 15) is 10.1 Å². The molecular formula is C13H18N2O4. The highest BCUT2D eigenvalue weighted by Gasteiger charge is 2.16. The molecule has 6 nitrogen and oxygen atoms in total. The first-order valence-electron chi connectivity index (χ1n) is 6.45. The highest BCUT2D eigenvalue weighted by atomic mass is 16.6. The van der Waals surface area contributed by atoms with Gasteiger partial charge in [0.25, 0.3) is 5.69 Å². The number of nitrogens with zero attached hydrogens (tertiary/aromatic N) is 1. The summed E-state index contributed by atoms with van der Waals surface area (Å²) in [6, 6.07) is 4.54. The van der Waals surface area contributed by atoms with Crippen molar-refractivity contribution in [2.75, 3.05) is 26.3 Å². The van der Waals surface area contributed by atoms with Crippen LogP contribution in [0.15, 0.2) is 18.2 Å². The fraction of sp³-hybridized carbons (Fsp3) is 0.538. The van der Waals surface area contributed by atoms with Gasteiger partial charge in [0, 0.05) is 18.5 Å². The van der Waals surface area contributed by atoms with Gasteiger partial charge in [0.15, 0.2) is 0 Å². The Bertz CT molecular complexity index is 444. The number of hydrogen-bond acceptors (Lipinski definition) is 5. The molecule has 0 aliphatic carbocycles. The van der Waals surface area contributed by atoms with Crippen molar-refractivity contribution in [1.82, 2.24) is 5.32 Å². The molecular weight excluding hydrogens is 248 g/mol. The number of ether oxygens (including phenoxy) is 2. The van der Waals surface area contributed by atoms with E-state index in [0.29, 0.717) is 30.6 Å². The molecule has 2 rings (SSSR count). The summed E-state index contributed by atoms with van der Waals surface area (Å²) in [7, 11) is 0. The maximum absolute atomic E-state index is 10.9. The maximum atomic E-state index is 10.9. The number of nitrogens with one attached hydrogen (secondary N) is 1. The first kappa shape index (κ1) is 13.6. The second kappa shape index (κ2) is 6.38. The van der Waals surface area contributed by atoms with Crippen molar-refractivity contribution in [2.45, 2.75) is 13.3 Å². The number of benzene rings is 1.